The molecule has 1 amide bonds. The van der Waals surface area contributed by atoms with Gasteiger partial charge in [0.25, 0.3) is 5.78 Å². The van der Waals surface area contributed by atoms with E-state index in [0.29, 0.717) is 31.7 Å². The third-order valence-corrected chi connectivity index (χ3v) is 6.06. The third-order valence-electron chi connectivity index (χ3n) is 6.06. The fourth-order valence-corrected chi connectivity index (χ4v) is 4.29. The number of amides is 1. The lowest BCUT2D eigenvalue weighted by atomic mass is 9.87. The maximum atomic E-state index is 12.8. The van der Waals surface area contributed by atoms with Gasteiger partial charge in [0.15, 0.2) is 0 Å². The van der Waals surface area contributed by atoms with Crippen LogP contribution in [0.1, 0.15) is 47.9 Å². The monoisotopic (exact) mass is 393 g/mol. The SMILES string of the molecule is Cc1nc2ncnn2c(C)c1CCC(=O)N1CCC(C(O)c2ccccc2)CC1. The van der Waals surface area contributed by atoms with Gasteiger partial charge in [0, 0.05) is 30.9 Å². The first-order valence-electron chi connectivity index (χ1n) is 10.2. The number of aryl methyl sites for hydroxylation is 2. The van der Waals surface area contributed by atoms with Crippen LogP contribution in [0.2, 0.25) is 0 Å². The van der Waals surface area contributed by atoms with Gasteiger partial charge < -0.3 is 10.0 Å². The molecular weight excluding hydrogens is 366 g/mol. The summed E-state index contributed by atoms with van der Waals surface area (Å²) in [5.41, 5.74) is 3.91. The average molecular weight is 393 g/mol. The van der Waals surface area contributed by atoms with Crippen LogP contribution in [0.15, 0.2) is 36.7 Å². The Kier molecular flexibility index (Phi) is 5.58. The molecule has 1 atom stereocenters. The van der Waals surface area contributed by atoms with Crippen LogP contribution in [-0.2, 0) is 11.2 Å². The minimum atomic E-state index is -0.459. The minimum Gasteiger partial charge on any atom is -0.388 e. The number of rotatable bonds is 5. The van der Waals surface area contributed by atoms with Crippen LogP contribution in [-0.4, -0.2) is 48.6 Å². The van der Waals surface area contributed by atoms with Crippen molar-refractivity contribution >= 4 is 11.7 Å². The standard InChI is InChI=1S/C22H27N5O2/c1-15-19(16(2)27-22(25-15)23-14-24-27)8-9-20(28)26-12-10-18(11-13-26)21(29)17-6-4-3-5-7-17/h3-7,14,18,21,29H,8-13H2,1-2H3. The molecule has 152 valence electrons. The molecule has 0 radical (unpaired) electrons. The number of carbonyl (C=O) groups is 1. The molecule has 1 unspecified atom stereocenters. The number of aliphatic hydroxyl groups is 1. The second-order valence-corrected chi connectivity index (χ2v) is 7.81. The zero-order chi connectivity index (χ0) is 20.4. The Labute approximate surface area is 170 Å². The molecule has 3 aromatic rings. The predicted octanol–water partition coefficient (Wildman–Crippen LogP) is 2.65. The van der Waals surface area contributed by atoms with Crippen LogP contribution in [0.25, 0.3) is 5.78 Å². The largest absolute Gasteiger partial charge is 0.388 e. The molecule has 0 bridgehead atoms. The lowest BCUT2D eigenvalue weighted by Crippen LogP contribution is -2.39. The van der Waals surface area contributed by atoms with Crippen molar-refractivity contribution in [1.82, 2.24) is 24.5 Å². The molecule has 3 heterocycles. The summed E-state index contributed by atoms with van der Waals surface area (Å²) >= 11 is 0. The lowest BCUT2D eigenvalue weighted by Gasteiger charge is -2.34. The Hall–Kier alpha value is -2.80. The van der Waals surface area contributed by atoms with Crippen LogP contribution in [0.4, 0.5) is 0 Å². The summed E-state index contributed by atoms with van der Waals surface area (Å²) in [6.45, 7) is 5.35. The molecule has 2 aromatic heterocycles. The van der Waals surface area contributed by atoms with E-state index in [2.05, 4.69) is 15.1 Å². The summed E-state index contributed by atoms with van der Waals surface area (Å²) in [6, 6.07) is 9.79. The number of fused-ring (bicyclic) bond motifs is 1. The number of hydrogen-bond donors (Lipinski definition) is 1. The van der Waals surface area contributed by atoms with E-state index in [0.717, 1.165) is 35.4 Å². The van der Waals surface area contributed by atoms with Crippen molar-refractivity contribution in [3.05, 3.63) is 59.2 Å². The maximum absolute atomic E-state index is 12.8. The smallest absolute Gasteiger partial charge is 0.252 e. The molecule has 1 fully saturated rings. The van der Waals surface area contributed by atoms with Crippen molar-refractivity contribution in [2.75, 3.05) is 13.1 Å². The Bertz CT molecular complexity index is 993. The molecule has 0 saturated carbocycles. The van der Waals surface area contributed by atoms with Gasteiger partial charge in [-0.25, -0.2) is 9.50 Å². The molecule has 29 heavy (non-hydrogen) atoms. The number of carbonyl (C=O) groups excluding carboxylic acids is 1. The Morgan fingerprint density at radius 3 is 2.66 bits per heavy atom. The first-order chi connectivity index (χ1) is 14.0. The molecule has 7 heteroatoms. The van der Waals surface area contributed by atoms with Crippen LogP contribution in [0, 0.1) is 19.8 Å². The molecular formula is C22H27N5O2. The number of likely N-dealkylation sites (tertiary alicyclic amines) is 1. The Morgan fingerprint density at radius 1 is 1.21 bits per heavy atom. The average Bonchev–Trinajstić information content (AvgIpc) is 3.22. The van der Waals surface area contributed by atoms with E-state index < -0.39 is 6.10 Å². The minimum absolute atomic E-state index is 0.162. The molecule has 1 aromatic carbocycles. The fraction of sp³-hybridized carbons (Fsp3) is 0.455. The van der Waals surface area contributed by atoms with Crippen LogP contribution in [0.3, 0.4) is 0 Å². The Morgan fingerprint density at radius 2 is 1.93 bits per heavy atom. The number of piperidine rings is 1. The van der Waals surface area contributed by atoms with Gasteiger partial charge in [-0.05, 0) is 50.2 Å². The van der Waals surface area contributed by atoms with E-state index in [-0.39, 0.29) is 11.8 Å². The van der Waals surface area contributed by atoms with E-state index in [1.807, 2.05) is 49.1 Å². The molecule has 1 N–H and O–H groups in total. The van der Waals surface area contributed by atoms with Gasteiger partial charge in [-0.2, -0.15) is 10.1 Å². The van der Waals surface area contributed by atoms with Gasteiger partial charge >= 0.3 is 0 Å². The number of hydrogen-bond acceptors (Lipinski definition) is 5. The van der Waals surface area contributed by atoms with E-state index in [1.165, 1.54) is 6.33 Å². The number of aliphatic hydroxyl groups excluding tert-OH is 1. The van der Waals surface area contributed by atoms with Gasteiger partial charge in [-0.3, -0.25) is 4.79 Å². The van der Waals surface area contributed by atoms with Crippen LogP contribution >= 0.6 is 0 Å². The fourth-order valence-electron chi connectivity index (χ4n) is 4.29. The molecule has 1 saturated heterocycles. The molecule has 1 aliphatic heterocycles. The highest BCUT2D eigenvalue weighted by Crippen LogP contribution is 2.30. The van der Waals surface area contributed by atoms with Gasteiger partial charge in [-0.15, -0.1) is 0 Å². The summed E-state index contributed by atoms with van der Waals surface area (Å²) < 4.78 is 1.73. The van der Waals surface area contributed by atoms with Crippen molar-refractivity contribution < 1.29 is 9.90 Å². The first-order valence-corrected chi connectivity index (χ1v) is 10.2. The predicted molar refractivity (Wildman–Crippen MR) is 109 cm³/mol. The van der Waals surface area contributed by atoms with Gasteiger partial charge in [0.2, 0.25) is 5.91 Å². The van der Waals surface area contributed by atoms with Gasteiger partial charge in [-0.1, -0.05) is 30.3 Å². The molecule has 7 nitrogen and oxygen atoms in total. The second-order valence-electron chi connectivity index (χ2n) is 7.81. The molecule has 4 rings (SSSR count). The zero-order valence-electron chi connectivity index (χ0n) is 17.0. The van der Waals surface area contributed by atoms with Crippen molar-refractivity contribution in [3.8, 4) is 0 Å². The van der Waals surface area contributed by atoms with Gasteiger partial charge in [0.05, 0.1) is 6.10 Å². The van der Waals surface area contributed by atoms with Crippen molar-refractivity contribution in [2.24, 2.45) is 5.92 Å². The second kappa shape index (κ2) is 8.29. The highest BCUT2D eigenvalue weighted by atomic mass is 16.3. The summed E-state index contributed by atoms with van der Waals surface area (Å²) in [7, 11) is 0. The summed E-state index contributed by atoms with van der Waals surface area (Å²) in [4.78, 5) is 23.3. The Balaban J connectivity index is 1.34. The van der Waals surface area contributed by atoms with Gasteiger partial charge in [0.1, 0.15) is 6.33 Å². The highest BCUT2D eigenvalue weighted by molar-refractivity contribution is 5.76. The van der Waals surface area contributed by atoms with E-state index in [1.54, 1.807) is 4.52 Å². The topological polar surface area (TPSA) is 83.6 Å². The number of benzene rings is 1. The summed E-state index contributed by atoms with van der Waals surface area (Å²) in [5, 5.41) is 14.8. The van der Waals surface area contributed by atoms with E-state index >= 15 is 0 Å². The zero-order valence-corrected chi connectivity index (χ0v) is 17.0. The molecule has 1 aliphatic rings. The first kappa shape index (κ1) is 19.5. The van der Waals surface area contributed by atoms with E-state index in [9.17, 15) is 9.90 Å². The summed E-state index contributed by atoms with van der Waals surface area (Å²) in [5.74, 6) is 0.953. The quantitative estimate of drug-likeness (QED) is 0.720. The highest BCUT2D eigenvalue weighted by Gasteiger charge is 2.28. The van der Waals surface area contributed by atoms with Crippen LogP contribution in [0.5, 0.6) is 0 Å². The van der Waals surface area contributed by atoms with Crippen LogP contribution < -0.4 is 0 Å². The van der Waals surface area contributed by atoms with Crippen molar-refractivity contribution in [3.63, 3.8) is 0 Å². The maximum Gasteiger partial charge on any atom is 0.252 e. The van der Waals surface area contributed by atoms with E-state index in [4.69, 9.17) is 0 Å². The molecule has 0 aliphatic carbocycles. The normalized spacial score (nSPS) is 16.3. The lowest BCUT2D eigenvalue weighted by molar-refractivity contribution is -0.133. The summed E-state index contributed by atoms with van der Waals surface area (Å²) in [6.07, 6.45) is 3.79. The third kappa shape index (κ3) is 4.00. The number of aromatic nitrogens is 4. The number of nitrogens with zero attached hydrogens (tertiary/aromatic N) is 5. The molecule has 0 spiro atoms. The van der Waals surface area contributed by atoms with Crippen molar-refractivity contribution in [2.45, 2.75) is 45.6 Å². The van der Waals surface area contributed by atoms with Crippen molar-refractivity contribution in [1.29, 1.82) is 0 Å².